The van der Waals surface area contributed by atoms with Crippen LogP contribution in [0.2, 0.25) is 0 Å². The predicted molar refractivity (Wildman–Crippen MR) is 288 cm³/mol. The number of benzene rings is 7. The molecule has 0 fully saturated rings. The monoisotopic (exact) mass is 895 g/mol. The smallest absolute Gasteiger partial charge is 0.149 e. The van der Waals surface area contributed by atoms with Crippen LogP contribution in [-0.4, -0.2) is 19.6 Å². The zero-order valence-corrected chi connectivity index (χ0v) is 41.5. The van der Waals surface area contributed by atoms with E-state index in [-0.39, 0.29) is 27.4 Å². The Morgan fingerprint density at radius 2 is 1.12 bits per heavy atom. The third-order valence-electron chi connectivity index (χ3n) is 14.3. The van der Waals surface area contributed by atoms with Crippen LogP contribution in [0.1, 0.15) is 103 Å². The summed E-state index contributed by atoms with van der Waals surface area (Å²) in [7, 11) is 0. The van der Waals surface area contributed by atoms with Crippen LogP contribution in [-0.2, 0) is 16.2 Å². The highest BCUT2D eigenvalue weighted by atomic mass is 16.3. The molecule has 9 rings (SSSR count). The number of aromatic nitrogens is 3. The van der Waals surface area contributed by atoms with E-state index in [4.69, 9.17) is 14.1 Å². The molecule has 0 amide bonds. The van der Waals surface area contributed by atoms with E-state index >= 15 is 0 Å². The fourth-order valence-electron chi connectivity index (χ4n) is 9.13. The van der Waals surface area contributed by atoms with Gasteiger partial charge >= 0.3 is 0 Å². The summed E-state index contributed by atoms with van der Waals surface area (Å²) in [5, 5.41) is 12.7. The zero-order chi connectivity index (χ0) is 50.8. The molecule has 0 aliphatic heterocycles. The molecule has 0 atom stereocenters. The quantitative estimate of drug-likeness (QED) is 0.165. The van der Waals surface area contributed by atoms with Gasteiger partial charge in [0, 0.05) is 32.6 Å². The van der Waals surface area contributed by atoms with E-state index in [1.54, 1.807) is 12.1 Å². The van der Waals surface area contributed by atoms with Gasteiger partial charge in [0.05, 0.1) is 28.0 Å². The second-order valence-corrected chi connectivity index (χ2v) is 22.0. The summed E-state index contributed by atoms with van der Waals surface area (Å²) in [6.45, 7) is 22.5. The first-order valence-electron chi connectivity index (χ1n) is 25.3. The van der Waals surface area contributed by atoms with Gasteiger partial charge in [0.1, 0.15) is 11.6 Å². The minimum absolute atomic E-state index is 0.0241. The van der Waals surface area contributed by atoms with Gasteiger partial charge in [-0.05, 0) is 128 Å². The number of imidazole rings is 1. The summed E-state index contributed by atoms with van der Waals surface area (Å²) in [4.78, 5) is 10.6. The Labute approximate surface area is 408 Å². The van der Waals surface area contributed by atoms with E-state index < -0.39 is 6.85 Å². The van der Waals surface area contributed by atoms with E-state index in [1.165, 1.54) is 5.56 Å². The first-order chi connectivity index (χ1) is 33.4. The van der Waals surface area contributed by atoms with Crippen molar-refractivity contribution in [2.24, 2.45) is 5.41 Å². The standard InChI is InChI=1S/C64H65N3O/c1-41-26-28-43(29-27-41)45-32-33-65-55(37-45)48-35-46(42-20-15-13-16-21-42)34-47(36-48)51-24-19-25-57-58(51)66-60(53-39-50(61(2,3)4)40-54(59(53)68)62(5,6)7)67(57)56-31-30-49(64(11,12)63(8,9)10)38-52(56)44-22-17-14-18-23-44/h13-40,68H,1-12H3/i1D3. The average Bonchev–Trinajstić information content (AvgIpc) is 3.72. The molecule has 0 radical (unpaired) electrons. The number of hydrogen-bond donors (Lipinski definition) is 1. The van der Waals surface area contributed by atoms with Crippen LogP contribution < -0.4 is 0 Å². The summed E-state index contributed by atoms with van der Waals surface area (Å²) < 4.78 is 26.0. The average molecular weight is 895 g/mol. The number of pyridine rings is 1. The Bertz CT molecular complexity index is 3420. The molecule has 0 bridgehead atoms. The minimum atomic E-state index is -2.18. The van der Waals surface area contributed by atoms with E-state index in [2.05, 4.69) is 208 Å². The summed E-state index contributed by atoms with van der Waals surface area (Å²) in [5.41, 5.74) is 15.8. The number of rotatable bonds is 8. The number of fused-ring (bicyclic) bond motifs is 1. The van der Waals surface area contributed by atoms with Gasteiger partial charge in [-0.15, -0.1) is 0 Å². The van der Waals surface area contributed by atoms with Crippen LogP contribution in [0.4, 0.5) is 0 Å². The molecule has 7 aromatic carbocycles. The van der Waals surface area contributed by atoms with Crippen molar-refractivity contribution < 1.29 is 9.22 Å². The number of phenols is 1. The van der Waals surface area contributed by atoms with Gasteiger partial charge in [-0.25, -0.2) is 4.98 Å². The Balaban J connectivity index is 1.34. The molecule has 0 saturated carbocycles. The lowest BCUT2D eigenvalue weighted by Gasteiger charge is -2.40. The molecule has 4 nitrogen and oxygen atoms in total. The summed E-state index contributed by atoms with van der Waals surface area (Å²) in [5.74, 6) is 0.877. The number of nitrogens with zero attached hydrogens (tertiary/aromatic N) is 3. The number of hydrogen-bond acceptors (Lipinski definition) is 3. The van der Waals surface area contributed by atoms with Gasteiger partial charge in [0.15, 0.2) is 0 Å². The number of aromatic hydroxyl groups is 1. The molecule has 0 spiro atoms. The van der Waals surface area contributed by atoms with Gasteiger partial charge < -0.3 is 5.11 Å². The fourth-order valence-corrected chi connectivity index (χ4v) is 9.13. The maximum Gasteiger partial charge on any atom is 0.149 e. The van der Waals surface area contributed by atoms with Gasteiger partial charge in [-0.2, -0.15) is 0 Å². The molecule has 0 saturated heterocycles. The van der Waals surface area contributed by atoms with Gasteiger partial charge in [-0.3, -0.25) is 9.55 Å². The second-order valence-electron chi connectivity index (χ2n) is 22.0. The van der Waals surface area contributed by atoms with Gasteiger partial charge in [0.2, 0.25) is 0 Å². The maximum absolute atomic E-state index is 12.7. The van der Waals surface area contributed by atoms with Crippen molar-refractivity contribution in [3.8, 4) is 78.6 Å². The largest absolute Gasteiger partial charge is 0.507 e. The van der Waals surface area contributed by atoms with Crippen molar-refractivity contribution in [2.45, 2.75) is 99.3 Å². The van der Waals surface area contributed by atoms with Gasteiger partial charge in [-0.1, -0.05) is 191 Å². The molecule has 68 heavy (non-hydrogen) atoms. The number of aryl methyl sites for hydroxylation is 1. The molecule has 2 aromatic heterocycles. The zero-order valence-electron chi connectivity index (χ0n) is 44.5. The Kier molecular flexibility index (Phi) is 10.7. The van der Waals surface area contributed by atoms with Crippen LogP contribution in [0, 0.1) is 12.3 Å². The molecule has 0 aliphatic carbocycles. The van der Waals surface area contributed by atoms with Crippen LogP contribution >= 0.6 is 0 Å². The van der Waals surface area contributed by atoms with Crippen LogP contribution in [0.3, 0.4) is 0 Å². The molecule has 9 aromatic rings. The first kappa shape index (κ1) is 42.3. The maximum atomic E-state index is 12.7. The Morgan fingerprint density at radius 3 is 1.76 bits per heavy atom. The van der Waals surface area contributed by atoms with E-state index in [0.29, 0.717) is 17.0 Å². The highest BCUT2D eigenvalue weighted by Gasteiger charge is 2.36. The lowest BCUT2D eigenvalue weighted by Crippen LogP contribution is -2.34. The Hall–Kier alpha value is -7.04. The summed E-state index contributed by atoms with van der Waals surface area (Å²) >= 11 is 0. The molecule has 342 valence electrons. The molecule has 1 N–H and O–H groups in total. The second kappa shape index (κ2) is 17.2. The van der Waals surface area contributed by atoms with Crippen molar-refractivity contribution in [3.05, 3.63) is 192 Å². The first-order valence-corrected chi connectivity index (χ1v) is 23.8. The van der Waals surface area contributed by atoms with Crippen molar-refractivity contribution in [3.63, 3.8) is 0 Å². The normalized spacial score (nSPS) is 13.3. The molecular weight excluding hydrogens is 827 g/mol. The summed E-state index contributed by atoms with van der Waals surface area (Å²) in [6, 6.07) is 56.3. The van der Waals surface area contributed by atoms with Crippen molar-refractivity contribution in [1.82, 2.24) is 14.5 Å². The van der Waals surface area contributed by atoms with E-state index in [9.17, 15) is 5.11 Å². The van der Waals surface area contributed by atoms with Crippen molar-refractivity contribution in [2.75, 3.05) is 0 Å². The highest BCUT2D eigenvalue weighted by Crippen LogP contribution is 2.48. The van der Waals surface area contributed by atoms with E-state index in [1.807, 2.05) is 30.5 Å². The molecule has 0 unspecified atom stereocenters. The summed E-state index contributed by atoms with van der Waals surface area (Å²) in [6.07, 6.45) is 1.81. The fraction of sp³-hybridized carbons (Fsp3) is 0.250. The number of phenolic OH excluding ortho intramolecular Hbond substituents is 1. The molecular formula is C64H65N3O. The highest BCUT2D eigenvalue weighted by molar-refractivity contribution is 5.98. The van der Waals surface area contributed by atoms with Crippen LogP contribution in [0.25, 0.3) is 83.9 Å². The minimum Gasteiger partial charge on any atom is -0.507 e. The third kappa shape index (κ3) is 8.69. The van der Waals surface area contributed by atoms with Crippen molar-refractivity contribution >= 4 is 11.0 Å². The Morgan fingerprint density at radius 1 is 0.485 bits per heavy atom. The SMILES string of the molecule is [2H]C([2H])([2H])c1ccc(-c2ccnc(-c3cc(-c4ccccc4)cc(-c4cccc5c4nc(-c4cc(C(C)(C)C)cc(C(C)(C)C)c4O)n5-c4ccc(C(C)(C)C(C)(C)C)cc4-c4ccccc4)c3)c2)cc1. The van der Waals surface area contributed by atoms with Crippen LogP contribution in [0.15, 0.2) is 170 Å². The topological polar surface area (TPSA) is 50.9 Å². The van der Waals surface area contributed by atoms with Crippen LogP contribution in [0.5, 0.6) is 5.75 Å². The molecule has 0 aliphatic rings. The van der Waals surface area contributed by atoms with E-state index in [0.717, 1.165) is 83.6 Å². The van der Waals surface area contributed by atoms with Crippen molar-refractivity contribution in [1.29, 1.82) is 0 Å². The lowest BCUT2D eigenvalue weighted by molar-refractivity contribution is 0.225. The number of para-hydroxylation sites is 1. The molecule has 4 heteroatoms. The lowest BCUT2D eigenvalue weighted by atomic mass is 9.65. The predicted octanol–water partition coefficient (Wildman–Crippen LogP) is 17.4. The van der Waals surface area contributed by atoms with Gasteiger partial charge in [0.25, 0.3) is 0 Å². The third-order valence-corrected chi connectivity index (χ3v) is 14.3. The molecule has 2 heterocycles.